The molecule has 2 unspecified atom stereocenters. The summed E-state index contributed by atoms with van der Waals surface area (Å²) in [7, 11) is 0. The van der Waals surface area contributed by atoms with Crippen LogP contribution in [0.5, 0.6) is 0 Å². The van der Waals surface area contributed by atoms with Gasteiger partial charge in [0, 0.05) is 0 Å². The number of hydrogen-bond acceptors (Lipinski definition) is 0. The molecule has 1 heterocycles. The maximum absolute atomic E-state index is 3.77. The Kier molecular flexibility index (Phi) is 33.0. The molecule has 0 aromatic carbocycles. The van der Waals surface area contributed by atoms with Crippen molar-refractivity contribution in [3.05, 3.63) is 18.2 Å². The first-order valence-electron chi connectivity index (χ1n) is 22.3. The van der Waals surface area contributed by atoms with Crippen LogP contribution in [0.3, 0.4) is 0 Å². The fourth-order valence-corrected chi connectivity index (χ4v) is 7.84. The van der Waals surface area contributed by atoms with Crippen LogP contribution < -0.4 is 4.57 Å². The van der Waals surface area contributed by atoms with Crippen LogP contribution in [0.25, 0.3) is 0 Å². The Labute approximate surface area is 297 Å². The Balaban J connectivity index is 2.36. The molecule has 1 rings (SSSR count). The van der Waals surface area contributed by atoms with E-state index in [0.29, 0.717) is 12.0 Å². The van der Waals surface area contributed by atoms with Gasteiger partial charge in [0.2, 0.25) is 0 Å². The van der Waals surface area contributed by atoms with Gasteiger partial charge in [-0.1, -0.05) is 226 Å². The van der Waals surface area contributed by atoms with Gasteiger partial charge >= 0.3 is 0 Å². The molecule has 1 aromatic rings. The minimum absolute atomic E-state index is 0.618. The molecule has 2 heteroatoms. The molecule has 0 radical (unpaired) electrons. The monoisotopic (exact) mass is 658 g/mol. The third-order valence-corrected chi connectivity index (χ3v) is 11.1. The van der Waals surface area contributed by atoms with Crippen LogP contribution in [-0.2, 0) is 0 Å². The lowest BCUT2D eigenvalue weighted by molar-refractivity contribution is -0.727. The molecule has 0 saturated heterocycles. The minimum atomic E-state index is 0.618. The highest BCUT2D eigenvalue weighted by atomic mass is 15.1. The summed E-state index contributed by atoms with van der Waals surface area (Å²) in [6.45, 7) is 9.43. The predicted octanol–water partition coefficient (Wildman–Crippen LogP) is 16.1. The van der Waals surface area contributed by atoms with E-state index in [1.807, 2.05) is 0 Å². The molecule has 0 aliphatic carbocycles. The Morgan fingerprint density at radius 2 is 0.681 bits per heavy atom. The number of nitrogens with one attached hydrogen (secondary N) is 1. The lowest BCUT2D eigenvalue weighted by atomic mass is 9.92. The van der Waals surface area contributed by atoms with Gasteiger partial charge in [-0.2, -0.15) is 0 Å². The van der Waals surface area contributed by atoms with Crippen molar-refractivity contribution in [3.8, 4) is 0 Å². The molecule has 0 fully saturated rings. The lowest BCUT2D eigenvalue weighted by Gasteiger charge is -2.17. The molecule has 2 nitrogen and oxygen atoms in total. The highest BCUT2D eigenvalue weighted by Gasteiger charge is 2.25. The van der Waals surface area contributed by atoms with E-state index in [1.54, 1.807) is 5.82 Å². The predicted molar refractivity (Wildman–Crippen MR) is 212 cm³/mol. The van der Waals surface area contributed by atoms with Crippen LogP contribution in [0.4, 0.5) is 0 Å². The first-order valence-corrected chi connectivity index (χ1v) is 22.3. The first-order chi connectivity index (χ1) is 23.2. The zero-order chi connectivity index (χ0) is 33.9. The number of imidazole rings is 1. The van der Waals surface area contributed by atoms with Crippen LogP contribution in [-0.4, -0.2) is 4.98 Å². The third kappa shape index (κ3) is 26.7. The fraction of sp³-hybridized carbons (Fsp3) is 0.933. The molecule has 0 saturated carbocycles. The van der Waals surface area contributed by atoms with E-state index >= 15 is 0 Å². The van der Waals surface area contributed by atoms with Gasteiger partial charge in [-0.05, 0) is 32.6 Å². The van der Waals surface area contributed by atoms with E-state index in [1.165, 1.54) is 231 Å². The van der Waals surface area contributed by atoms with E-state index in [-0.39, 0.29) is 0 Å². The van der Waals surface area contributed by atoms with Crippen LogP contribution in [0, 0.1) is 0 Å². The van der Waals surface area contributed by atoms with Gasteiger partial charge in [0.15, 0.2) is 0 Å². The van der Waals surface area contributed by atoms with Gasteiger partial charge < -0.3 is 0 Å². The summed E-state index contributed by atoms with van der Waals surface area (Å²) < 4.78 is 2.65. The number of rotatable bonds is 38. The molecule has 0 aliphatic rings. The number of aromatic nitrogens is 2. The van der Waals surface area contributed by atoms with Crippen molar-refractivity contribution in [1.29, 1.82) is 0 Å². The van der Waals surface area contributed by atoms with E-state index in [9.17, 15) is 0 Å². The molecule has 2 atom stereocenters. The van der Waals surface area contributed by atoms with E-state index in [0.717, 1.165) is 0 Å². The van der Waals surface area contributed by atoms with Crippen LogP contribution in [0.1, 0.15) is 277 Å². The highest BCUT2D eigenvalue weighted by molar-refractivity contribution is 4.90. The molecule has 278 valence electrons. The quantitative estimate of drug-likeness (QED) is 0.0539. The van der Waals surface area contributed by atoms with Gasteiger partial charge in [-0.15, -0.1) is 0 Å². The van der Waals surface area contributed by atoms with Crippen molar-refractivity contribution in [2.45, 2.75) is 271 Å². The summed E-state index contributed by atoms with van der Waals surface area (Å²) in [5.41, 5.74) is 0. The normalized spacial score (nSPS) is 13.0. The maximum atomic E-state index is 3.77. The number of unbranched alkanes of at least 4 members (excludes halogenated alkanes) is 30. The van der Waals surface area contributed by atoms with Crippen molar-refractivity contribution in [3.63, 3.8) is 0 Å². The van der Waals surface area contributed by atoms with Crippen LogP contribution >= 0.6 is 0 Å². The van der Waals surface area contributed by atoms with Gasteiger partial charge in [0.25, 0.3) is 5.82 Å². The summed E-state index contributed by atoms with van der Waals surface area (Å²) in [5.74, 6) is 2.25. The molecule has 0 bridgehead atoms. The molecule has 0 aliphatic heterocycles. The summed E-state index contributed by atoms with van der Waals surface area (Å²) in [4.78, 5) is 3.77. The Hall–Kier alpha value is -0.790. The van der Waals surface area contributed by atoms with Crippen molar-refractivity contribution in [2.24, 2.45) is 0 Å². The SMILES string of the molecule is CCCCCCCCCCCCCCCCC(CCCCCCCCCC)c1[nH]cc[n+]1C(C)CCCCCCCCCCCCC. The van der Waals surface area contributed by atoms with E-state index < -0.39 is 0 Å². The van der Waals surface area contributed by atoms with Crippen LogP contribution in [0.15, 0.2) is 12.4 Å². The Morgan fingerprint density at radius 3 is 1.00 bits per heavy atom. The molecule has 47 heavy (non-hydrogen) atoms. The standard InChI is InChI=1S/C45H88N2/c1-5-8-11-14-17-20-22-23-24-26-28-31-34-37-40-44(39-36-33-30-19-16-13-10-7-3)45-46-41-42-47(45)43(4)38-35-32-29-27-25-21-18-15-12-9-6-2/h41-44H,5-40H2,1-4H3/p+1. The summed E-state index contributed by atoms with van der Waals surface area (Å²) in [6.07, 6.45) is 56.1. The second kappa shape index (κ2) is 35.1. The Bertz CT molecular complexity index is 723. The number of nitrogens with zero attached hydrogens (tertiary/aromatic N) is 1. The number of hydrogen-bond donors (Lipinski definition) is 1. The minimum Gasteiger partial charge on any atom is -0.247 e. The molecule has 1 N–H and O–H groups in total. The van der Waals surface area contributed by atoms with Gasteiger partial charge in [0.1, 0.15) is 12.4 Å². The number of H-pyrrole nitrogens is 1. The van der Waals surface area contributed by atoms with Crippen molar-refractivity contribution >= 4 is 0 Å². The van der Waals surface area contributed by atoms with Gasteiger partial charge in [-0.3, -0.25) is 0 Å². The fourth-order valence-electron chi connectivity index (χ4n) is 7.84. The Morgan fingerprint density at radius 1 is 0.404 bits per heavy atom. The lowest BCUT2D eigenvalue weighted by Crippen LogP contribution is -2.41. The second-order valence-corrected chi connectivity index (χ2v) is 15.8. The van der Waals surface area contributed by atoms with E-state index in [2.05, 4.69) is 49.6 Å². The summed E-state index contributed by atoms with van der Waals surface area (Å²) in [5, 5.41) is 0. The average molecular weight is 658 g/mol. The van der Waals surface area contributed by atoms with Crippen molar-refractivity contribution in [1.82, 2.24) is 4.98 Å². The highest BCUT2D eigenvalue weighted by Crippen LogP contribution is 2.27. The third-order valence-electron chi connectivity index (χ3n) is 11.1. The zero-order valence-corrected chi connectivity index (χ0v) is 33.2. The molecular weight excluding hydrogens is 569 g/mol. The molecular formula is C45H89N2+. The second-order valence-electron chi connectivity index (χ2n) is 15.8. The topological polar surface area (TPSA) is 19.7 Å². The van der Waals surface area contributed by atoms with Crippen molar-refractivity contribution in [2.75, 3.05) is 0 Å². The van der Waals surface area contributed by atoms with Gasteiger partial charge in [0.05, 0.1) is 12.0 Å². The molecule has 0 spiro atoms. The number of aromatic amines is 1. The van der Waals surface area contributed by atoms with E-state index in [4.69, 9.17) is 0 Å². The summed E-state index contributed by atoms with van der Waals surface area (Å²) >= 11 is 0. The zero-order valence-electron chi connectivity index (χ0n) is 33.2. The first kappa shape index (κ1) is 44.2. The molecule has 1 aromatic heterocycles. The molecule has 0 amide bonds. The maximum Gasteiger partial charge on any atom is 0.257 e. The largest absolute Gasteiger partial charge is 0.257 e. The summed E-state index contributed by atoms with van der Waals surface area (Å²) in [6, 6.07) is 0.618. The van der Waals surface area contributed by atoms with Gasteiger partial charge in [-0.25, -0.2) is 9.55 Å². The van der Waals surface area contributed by atoms with Crippen molar-refractivity contribution < 1.29 is 4.57 Å². The smallest absolute Gasteiger partial charge is 0.247 e. The van der Waals surface area contributed by atoms with Crippen LogP contribution in [0.2, 0.25) is 0 Å². The average Bonchev–Trinajstić information content (AvgIpc) is 3.57.